The van der Waals surface area contributed by atoms with Crippen molar-refractivity contribution >= 4 is 56.2 Å². The van der Waals surface area contributed by atoms with Crippen molar-refractivity contribution in [3.8, 4) is 0 Å². The van der Waals surface area contributed by atoms with Crippen molar-refractivity contribution in [1.29, 1.82) is 0 Å². The van der Waals surface area contributed by atoms with Crippen LogP contribution < -0.4 is 5.32 Å². The second-order valence-electron chi connectivity index (χ2n) is 4.13. The lowest BCUT2D eigenvalue weighted by atomic mass is 10.1. The minimum atomic E-state index is 0.111. The molecule has 0 aliphatic carbocycles. The van der Waals surface area contributed by atoms with Gasteiger partial charge in [0, 0.05) is 15.7 Å². The van der Waals surface area contributed by atoms with Gasteiger partial charge in [-0.15, -0.1) is 11.3 Å². The Balaban J connectivity index is 2.23. The topological polar surface area (TPSA) is 12.0 Å². The van der Waals surface area contributed by atoms with Gasteiger partial charge in [0.05, 0.1) is 14.7 Å². The van der Waals surface area contributed by atoms with Crippen LogP contribution >= 0.6 is 50.5 Å². The third kappa shape index (κ3) is 3.21. The predicted octanol–water partition coefficient (Wildman–Crippen LogP) is 6.30. The number of halogens is 3. The summed E-state index contributed by atoms with van der Waals surface area (Å²) >= 11 is 17.1. The fourth-order valence-electron chi connectivity index (χ4n) is 1.71. The Bertz CT molecular complexity index is 568. The first-order valence-electron chi connectivity index (χ1n) is 5.45. The molecule has 0 radical (unpaired) electrons. The van der Waals surface area contributed by atoms with Crippen molar-refractivity contribution < 1.29 is 0 Å². The lowest BCUT2D eigenvalue weighted by Crippen LogP contribution is -2.06. The van der Waals surface area contributed by atoms with Gasteiger partial charge in [-0.1, -0.05) is 29.3 Å². The molecular weight excluding hydrogens is 353 g/mol. The molecule has 1 aromatic carbocycles. The first kappa shape index (κ1) is 14.2. The maximum Gasteiger partial charge on any atom is 0.0996 e. The number of aryl methyl sites for hydroxylation is 1. The molecule has 0 amide bonds. The van der Waals surface area contributed by atoms with E-state index in [1.807, 2.05) is 12.1 Å². The van der Waals surface area contributed by atoms with Crippen LogP contribution in [0.4, 0.5) is 5.69 Å². The Hall–Kier alpha value is -0.220. The van der Waals surface area contributed by atoms with Crippen LogP contribution in [-0.2, 0) is 0 Å². The molecule has 0 saturated carbocycles. The highest BCUT2D eigenvalue weighted by Gasteiger charge is 2.14. The number of rotatable bonds is 3. The summed E-state index contributed by atoms with van der Waals surface area (Å²) in [5.41, 5.74) is 3.29. The van der Waals surface area contributed by atoms with E-state index in [2.05, 4.69) is 47.2 Å². The molecular formula is C13H12BrCl2NS. The number of thiophene rings is 1. The molecule has 18 heavy (non-hydrogen) atoms. The van der Waals surface area contributed by atoms with E-state index in [-0.39, 0.29) is 6.04 Å². The normalized spacial score (nSPS) is 12.5. The summed E-state index contributed by atoms with van der Waals surface area (Å²) in [6, 6.07) is 8.22. The van der Waals surface area contributed by atoms with Crippen LogP contribution in [-0.4, -0.2) is 0 Å². The van der Waals surface area contributed by atoms with Crippen LogP contribution in [0.15, 0.2) is 28.7 Å². The van der Waals surface area contributed by atoms with Crippen molar-refractivity contribution in [2.45, 2.75) is 19.9 Å². The van der Waals surface area contributed by atoms with E-state index in [1.165, 1.54) is 16.9 Å². The fraction of sp³-hybridized carbons (Fsp3) is 0.231. The number of hydrogen-bond acceptors (Lipinski definition) is 2. The Labute approximate surface area is 129 Å². The molecule has 1 unspecified atom stereocenters. The predicted molar refractivity (Wildman–Crippen MR) is 85.3 cm³/mol. The standard InChI is InChI=1S/C13H12BrCl2NS/c1-7-3-4-10(14)11(5-7)17-8(2)9-6-12(15)18-13(9)16/h3-6,8,17H,1-2H3. The maximum atomic E-state index is 6.16. The molecule has 0 saturated heterocycles. The van der Waals surface area contributed by atoms with E-state index in [1.54, 1.807) is 0 Å². The van der Waals surface area contributed by atoms with E-state index >= 15 is 0 Å². The highest BCUT2D eigenvalue weighted by Crippen LogP contribution is 2.37. The Kier molecular flexibility index (Phi) is 4.59. The Morgan fingerprint density at radius 1 is 1.28 bits per heavy atom. The average Bonchev–Trinajstić information content (AvgIpc) is 2.63. The quantitative estimate of drug-likeness (QED) is 0.673. The minimum absolute atomic E-state index is 0.111. The Morgan fingerprint density at radius 3 is 2.61 bits per heavy atom. The zero-order valence-electron chi connectivity index (χ0n) is 9.93. The van der Waals surface area contributed by atoms with E-state index < -0.39 is 0 Å². The molecule has 0 aliphatic heterocycles. The maximum absolute atomic E-state index is 6.16. The third-order valence-electron chi connectivity index (χ3n) is 2.64. The molecule has 1 N–H and O–H groups in total. The van der Waals surface area contributed by atoms with Gasteiger partial charge in [0.1, 0.15) is 0 Å². The summed E-state index contributed by atoms with van der Waals surface area (Å²) in [7, 11) is 0. The van der Waals surface area contributed by atoms with Crippen LogP contribution in [0.2, 0.25) is 8.67 Å². The first-order chi connectivity index (χ1) is 8.47. The molecule has 0 aliphatic rings. The highest BCUT2D eigenvalue weighted by atomic mass is 79.9. The molecule has 1 heterocycles. The molecule has 2 rings (SSSR count). The van der Waals surface area contributed by atoms with Crippen molar-refractivity contribution in [1.82, 2.24) is 0 Å². The van der Waals surface area contributed by atoms with Gasteiger partial charge < -0.3 is 5.32 Å². The van der Waals surface area contributed by atoms with E-state index in [4.69, 9.17) is 23.2 Å². The van der Waals surface area contributed by atoms with Gasteiger partial charge in [-0.2, -0.15) is 0 Å². The van der Waals surface area contributed by atoms with Gasteiger partial charge in [0.25, 0.3) is 0 Å². The van der Waals surface area contributed by atoms with Gasteiger partial charge in [0.15, 0.2) is 0 Å². The SMILES string of the molecule is Cc1ccc(Br)c(NC(C)c2cc(Cl)sc2Cl)c1. The fourth-order valence-corrected chi connectivity index (χ4v) is 3.72. The summed E-state index contributed by atoms with van der Waals surface area (Å²) in [6.45, 7) is 4.13. The summed E-state index contributed by atoms with van der Waals surface area (Å²) in [5, 5.41) is 3.44. The molecule has 1 nitrogen and oxygen atoms in total. The van der Waals surface area contributed by atoms with Crippen molar-refractivity contribution in [3.63, 3.8) is 0 Å². The summed E-state index contributed by atoms with van der Waals surface area (Å²) in [4.78, 5) is 0. The lowest BCUT2D eigenvalue weighted by molar-refractivity contribution is 0.889. The van der Waals surface area contributed by atoms with Crippen LogP contribution in [0.1, 0.15) is 24.1 Å². The van der Waals surface area contributed by atoms with E-state index in [0.29, 0.717) is 4.34 Å². The van der Waals surface area contributed by atoms with Gasteiger partial charge in [-0.05, 0) is 53.5 Å². The number of nitrogens with one attached hydrogen (secondary N) is 1. The minimum Gasteiger partial charge on any atom is -0.378 e. The zero-order valence-corrected chi connectivity index (χ0v) is 13.8. The van der Waals surface area contributed by atoms with Crippen molar-refractivity contribution in [2.24, 2.45) is 0 Å². The summed E-state index contributed by atoms with van der Waals surface area (Å²) in [6.07, 6.45) is 0. The molecule has 0 bridgehead atoms. The monoisotopic (exact) mass is 363 g/mol. The molecule has 2 aromatic rings. The van der Waals surface area contributed by atoms with Crippen LogP contribution in [0.5, 0.6) is 0 Å². The number of benzene rings is 1. The number of hydrogen-bond donors (Lipinski definition) is 1. The molecule has 0 fully saturated rings. The van der Waals surface area contributed by atoms with Crippen molar-refractivity contribution in [3.05, 3.63) is 48.5 Å². The molecule has 0 spiro atoms. The van der Waals surface area contributed by atoms with Gasteiger partial charge in [-0.3, -0.25) is 0 Å². The van der Waals surface area contributed by atoms with Crippen LogP contribution in [0, 0.1) is 6.92 Å². The third-order valence-corrected chi connectivity index (χ3v) is 4.85. The van der Waals surface area contributed by atoms with Crippen molar-refractivity contribution in [2.75, 3.05) is 5.32 Å². The lowest BCUT2D eigenvalue weighted by Gasteiger charge is -2.16. The van der Waals surface area contributed by atoms with Crippen LogP contribution in [0.3, 0.4) is 0 Å². The summed E-state index contributed by atoms with van der Waals surface area (Å²) in [5.74, 6) is 0. The second-order valence-corrected chi connectivity index (χ2v) is 7.27. The average molecular weight is 365 g/mol. The highest BCUT2D eigenvalue weighted by molar-refractivity contribution is 9.10. The second kappa shape index (κ2) is 5.83. The van der Waals surface area contributed by atoms with Gasteiger partial charge in [-0.25, -0.2) is 0 Å². The number of anilines is 1. The smallest absolute Gasteiger partial charge is 0.0996 e. The molecule has 96 valence electrons. The largest absolute Gasteiger partial charge is 0.378 e. The van der Waals surface area contributed by atoms with Gasteiger partial charge in [0.2, 0.25) is 0 Å². The molecule has 1 aromatic heterocycles. The molecule has 1 atom stereocenters. The van der Waals surface area contributed by atoms with E-state index in [0.717, 1.165) is 20.1 Å². The summed E-state index contributed by atoms with van der Waals surface area (Å²) < 4.78 is 2.49. The van der Waals surface area contributed by atoms with E-state index in [9.17, 15) is 0 Å². The molecule has 5 heteroatoms. The van der Waals surface area contributed by atoms with Crippen LogP contribution in [0.25, 0.3) is 0 Å². The first-order valence-corrected chi connectivity index (χ1v) is 7.81. The van der Waals surface area contributed by atoms with Gasteiger partial charge >= 0.3 is 0 Å². The zero-order chi connectivity index (χ0) is 13.3. The Morgan fingerprint density at radius 2 is 2.00 bits per heavy atom.